The second-order valence-corrected chi connectivity index (χ2v) is 4.47. The zero-order valence-electron chi connectivity index (χ0n) is 9.44. The lowest BCUT2D eigenvalue weighted by atomic mass is 9.89. The highest BCUT2D eigenvalue weighted by molar-refractivity contribution is 5.06. The molecule has 0 aromatic heterocycles. The van der Waals surface area contributed by atoms with Gasteiger partial charge in [-0.25, -0.2) is 0 Å². The molecule has 0 aromatic carbocycles. The van der Waals surface area contributed by atoms with Crippen LogP contribution in [0, 0.1) is 5.92 Å². The van der Waals surface area contributed by atoms with Crippen molar-refractivity contribution in [3.63, 3.8) is 0 Å². The normalized spacial score (nSPS) is 19.5. The summed E-state index contributed by atoms with van der Waals surface area (Å²) in [7, 11) is 0. The van der Waals surface area contributed by atoms with E-state index < -0.39 is 0 Å². The van der Waals surface area contributed by atoms with Crippen LogP contribution in [0.25, 0.3) is 0 Å². The Morgan fingerprint density at radius 2 is 1.50 bits per heavy atom. The van der Waals surface area contributed by atoms with E-state index >= 15 is 0 Å². The van der Waals surface area contributed by atoms with Gasteiger partial charge < -0.3 is 5.32 Å². The lowest BCUT2D eigenvalue weighted by molar-refractivity contribution is 0.410. The number of allylic oxidation sites excluding steroid dienone is 2. The van der Waals surface area contributed by atoms with E-state index in [4.69, 9.17) is 0 Å². The van der Waals surface area contributed by atoms with E-state index in [1.54, 1.807) is 0 Å². The maximum atomic E-state index is 4.12. The van der Waals surface area contributed by atoms with Crippen LogP contribution in [0.2, 0.25) is 0 Å². The molecule has 0 spiro atoms. The summed E-state index contributed by atoms with van der Waals surface area (Å²) in [5, 5.41) is 3.27. The summed E-state index contributed by atoms with van der Waals surface area (Å²) in [5.41, 5.74) is 2.19. The zero-order valence-corrected chi connectivity index (χ0v) is 9.44. The average molecular weight is 193 g/mol. The summed E-state index contributed by atoms with van der Waals surface area (Å²) in [6, 6.07) is 0. The average Bonchev–Trinajstić information content (AvgIpc) is 2.00. The van der Waals surface area contributed by atoms with Crippen molar-refractivity contribution in [3.05, 3.63) is 24.6 Å². The van der Waals surface area contributed by atoms with Gasteiger partial charge in [-0.1, -0.05) is 45.3 Å². The van der Waals surface area contributed by atoms with Crippen LogP contribution in [0.4, 0.5) is 0 Å². The van der Waals surface area contributed by atoms with Gasteiger partial charge in [-0.15, -0.1) is 0 Å². The molecule has 1 aliphatic carbocycles. The first-order valence-corrected chi connectivity index (χ1v) is 5.81. The Morgan fingerprint density at radius 3 is 2.00 bits per heavy atom. The first-order valence-electron chi connectivity index (χ1n) is 5.81. The van der Waals surface area contributed by atoms with Crippen molar-refractivity contribution in [1.29, 1.82) is 0 Å². The van der Waals surface area contributed by atoms with E-state index in [0.717, 1.165) is 5.70 Å². The Hall–Kier alpha value is -0.720. The molecule has 1 aliphatic rings. The molecule has 14 heavy (non-hydrogen) atoms. The highest BCUT2D eigenvalue weighted by atomic mass is 14.9. The van der Waals surface area contributed by atoms with Crippen LogP contribution in [-0.2, 0) is 0 Å². The SMILES string of the molecule is C=C(C)NC(=C)C1CCCCCCC1. The predicted octanol–water partition coefficient (Wildman–Crippen LogP) is 3.98. The number of nitrogens with one attached hydrogen (secondary N) is 1. The van der Waals surface area contributed by atoms with E-state index in [2.05, 4.69) is 18.5 Å². The molecule has 1 rings (SSSR count). The number of hydrogen-bond donors (Lipinski definition) is 1. The Morgan fingerprint density at radius 1 is 1.00 bits per heavy atom. The first kappa shape index (κ1) is 11.4. The van der Waals surface area contributed by atoms with E-state index in [1.807, 2.05) is 6.92 Å². The van der Waals surface area contributed by atoms with Crippen LogP contribution in [0.5, 0.6) is 0 Å². The summed E-state index contributed by atoms with van der Waals surface area (Å²) < 4.78 is 0. The Bertz CT molecular complexity index is 197. The number of hydrogen-bond acceptors (Lipinski definition) is 1. The fourth-order valence-corrected chi connectivity index (χ4v) is 2.18. The minimum Gasteiger partial charge on any atom is -0.363 e. The maximum absolute atomic E-state index is 4.12. The van der Waals surface area contributed by atoms with Crippen molar-refractivity contribution >= 4 is 0 Å². The molecule has 80 valence electrons. The van der Waals surface area contributed by atoms with Crippen LogP contribution in [-0.4, -0.2) is 0 Å². The van der Waals surface area contributed by atoms with Crippen LogP contribution in [0.15, 0.2) is 24.6 Å². The van der Waals surface area contributed by atoms with Crippen molar-refractivity contribution < 1.29 is 0 Å². The Balaban J connectivity index is 2.38. The van der Waals surface area contributed by atoms with Gasteiger partial charge in [0.25, 0.3) is 0 Å². The molecule has 0 bridgehead atoms. The quantitative estimate of drug-likeness (QED) is 0.714. The van der Waals surface area contributed by atoms with Crippen molar-refractivity contribution in [3.8, 4) is 0 Å². The summed E-state index contributed by atoms with van der Waals surface area (Å²) >= 11 is 0. The lowest BCUT2D eigenvalue weighted by Gasteiger charge is -2.22. The molecule has 1 fully saturated rings. The molecule has 0 amide bonds. The van der Waals surface area contributed by atoms with E-state index in [0.29, 0.717) is 5.92 Å². The fourth-order valence-electron chi connectivity index (χ4n) is 2.18. The standard InChI is InChI=1S/C13H23N/c1-11(2)14-12(3)13-9-7-5-4-6-8-10-13/h13-14H,1,3-10H2,2H3. The van der Waals surface area contributed by atoms with Gasteiger partial charge in [0.2, 0.25) is 0 Å². The molecule has 0 heterocycles. The van der Waals surface area contributed by atoms with Gasteiger partial charge in [-0.2, -0.15) is 0 Å². The third-order valence-electron chi connectivity index (χ3n) is 2.97. The Kier molecular flexibility index (Phi) is 4.78. The second kappa shape index (κ2) is 5.90. The monoisotopic (exact) mass is 193 g/mol. The summed E-state index contributed by atoms with van der Waals surface area (Å²) in [5.74, 6) is 0.673. The van der Waals surface area contributed by atoms with Crippen LogP contribution >= 0.6 is 0 Å². The third-order valence-corrected chi connectivity index (χ3v) is 2.97. The van der Waals surface area contributed by atoms with Crippen molar-refractivity contribution in [2.75, 3.05) is 0 Å². The summed E-state index contributed by atoms with van der Waals surface area (Å²) in [6.07, 6.45) is 9.56. The molecule has 0 saturated heterocycles. The fraction of sp³-hybridized carbons (Fsp3) is 0.692. The maximum Gasteiger partial charge on any atom is 0.0107 e. The largest absolute Gasteiger partial charge is 0.363 e. The summed E-state index contributed by atoms with van der Waals surface area (Å²) in [6.45, 7) is 9.97. The molecule has 1 heteroatoms. The van der Waals surface area contributed by atoms with Gasteiger partial charge in [-0.05, 0) is 25.7 Å². The molecular formula is C13H23N. The molecule has 0 unspecified atom stereocenters. The molecule has 1 N–H and O–H groups in total. The van der Waals surface area contributed by atoms with Crippen LogP contribution < -0.4 is 5.32 Å². The van der Waals surface area contributed by atoms with E-state index in [1.165, 1.54) is 50.6 Å². The topological polar surface area (TPSA) is 12.0 Å². The Labute approximate surface area is 88.3 Å². The van der Waals surface area contributed by atoms with Gasteiger partial charge in [0.15, 0.2) is 0 Å². The molecule has 0 aliphatic heterocycles. The number of rotatable bonds is 3. The van der Waals surface area contributed by atoms with Crippen molar-refractivity contribution in [2.45, 2.75) is 51.9 Å². The van der Waals surface area contributed by atoms with Gasteiger partial charge in [-0.3, -0.25) is 0 Å². The molecular weight excluding hydrogens is 170 g/mol. The van der Waals surface area contributed by atoms with E-state index in [9.17, 15) is 0 Å². The smallest absolute Gasteiger partial charge is 0.0107 e. The van der Waals surface area contributed by atoms with Crippen LogP contribution in [0.1, 0.15) is 51.9 Å². The third kappa shape index (κ3) is 3.99. The van der Waals surface area contributed by atoms with Gasteiger partial charge in [0, 0.05) is 11.4 Å². The highest BCUT2D eigenvalue weighted by Crippen LogP contribution is 2.26. The molecule has 1 nitrogen and oxygen atoms in total. The first-order chi connectivity index (χ1) is 6.70. The predicted molar refractivity (Wildman–Crippen MR) is 62.9 cm³/mol. The lowest BCUT2D eigenvalue weighted by Crippen LogP contribution is -2.18. The second-order valence-electron chi connectivity index (χ2n) is 4.47. The minimum absolute atomic E-state index is 0.673. The highest BCUT2D eigenvalue weighted by Gasteiger charge is 2.13. The molecule has 0 atom stereocenters. The van der Waals surface area contributed by atoms with Gasteiger partial charge >= 0.3 is 0 Å². The van der Waals surface area contributed by atoms with Gasteiger partial charge in [0.05, 0.1) is 0 Å². The minimum atomic E-state index is 0.673. The van der Waals surface area contributed by atoms with Crippen molar-refractivity contribution in [1.82, 2.24) is 5.32 Å². The van der Waals surface area contributed by atoms with Gasteiger partial charge in [0.1, 0.15) is 0 Å². The van der Waals surface area contributed by atoms with Crippen LogP contribution in [0.3, 0.4) is 0 Å². The molecule has 0 radical (unpaired) electrons. The van der Waals surface area contributed by atoms with Crippen molar-refractivity contribution in [2.24, 2.45) is 5.92 Å². The van der Waals surface area contributed by atoms with E-state index in [-0.39, 0.29) is 0 Å². The molecule has 0 aromatic rings. The molecule has 1 saturated carbocycles. The zero-order chi connectivity index (χ0) is 10.4. The summed E-state index contributed by atoms with van der Waals surface area (Å²) in [4.78, 5) is 0.